The van der Waals surface area contributed by atoms with Crippen LogP contribution in [0.3, 0.4) is 0 Å². The van der Waals surface area contributed by atoms with Crippen molar-refractivity contribution in [1.29, 1.82) is 0 Å². The normalized spacial score (nSPS) is 17.9. The number of thioether (sulfide) groups is 1. The number of amides is 1. The molecule has 1 N–H and O–H groups in total. The summed E-state index contributed by atoms with van der Waals surface area (Å²) in [6.07, 6.45) is 0.626. The molecule has 0 aliphatic carbocycles. The number of aromatic nitrogens is 1. The van der Waals surface area contributed by atoms with Crippen molar-refractivity contribution in [3.8, 4) is 11.3 Å². The highest BCUT2D eigenvalue weighted by Gasteiger charge is 2.29. The molecule has 1 aliphatic rings. The fraction of sp³-hybridized carbons (Fsp3) is 0.238. The first-order valence-corrected chi connectivity index (χ1v) is 12.8. The largest absolute Gasteiger partial charge is 0.322 e. The summed E-state index contributed by atoms with van der Waals surface area (Å²) in [5.74, 6) is 0.195. The summed E-state index contributed by atoms with van der Waals surface area (Å²) >= 11 is 3.08. The van der Waals surface area contributed by atoms with Crippen LogP contribution in [0, 0.1) is 6.92 Å². The zero-order valence-corrected chi connectivity index (χ0v) is 18.2. The lowest BCUT2D eigenvalue weighted by Gasteiger charge is -2.13. The molecule has 3 aromatic rings. The Bertz CT molecular complexity index is 1140. The summed E-state index contributed by atoms with van der Waals surface area (Å²) in [7, 11) is -2.95. The van der Waals surface area contributed by atoms with E-state index in [4.69, 9.17) is 0 Å². The van der Waals surface area contributed by atoms with Gasteiger partial charge in [-0.3, -0.25) is 4.79 Å². The number of benzene rings is 2. The molecule has 0 saturated carbocycles. The number of anilines is 1. The Morgan fingerprint density at radius 1 is 1.17 bits per heavy atom. The van der Waals surface area contributed by atoms with Crippen LogP contribution in [0.2, 0.25) is 0 Å². The fourth-order valence-corrected chi connectivity index (χ4v) is 7.46. The Morgan fingerprint density at radius 3 is 2.59 bits per heavy atom. The van der Waals surface area contributed by atoms with Gasteiger partial charge in [0, 0.05) is 26.8 Å². The van der Waals surface area contributed by atoms with Gasteiger partial charge in [0.1, 0.15) is 0 Å². The maximum absolute atomic E-state index is 12.8. The lowest BCUT2D eigenvalue weighted by molar-refractivity contribution is 0.102. The molecule has 2 heterocycles. The summed E-state index contributed by atoms with van der Waals surface area (Å²) < 4.78 is 23.5. The van der Waals surface area contributed by atoms with Crippen LogP contribution >= 0.6 is 23.1 Å². The molecule has 4 rings (SSSR count). The van der Waals surface area contributed by atoms with Gasteiger partial charge >= 0.3 is 0 Å². The Labute approximate surface area is 178 Å². The Kier molecular flexibility index (Phi) is 5.76. The van der Waals surface area contributed by atoms with Crippen LogP contribution in [0.1, 0.15) is 21.8 Å². The number of nitrogens with zero attached hydrogens (tertiary/aromatic N) is 1. The molecule has 1 saturated heterocycles. The molecule has 29 heavy (non-hydrogen) atoms. The van der Waals surface area contributed by atoms with E-state index in [0.717, 1.165) is 21.2 Å². The Morgan fingerprint density at radius 2 is 1.93 bits per heavy atom. The van der Waals surface area contributed by atoms with Gasteiger partial charge < -0.3 is 5.32 Å². The molecule has 8 heteroatoms. The zero-order valence-electron chi connectivity index (χ0n) is 15.8. The van der Waals surface area contributed by atoms with Crippen LogP contribution in [-0.4, -0.2) is 36.1 Å². The van der Waals surface area contributed by atoms with Crippen molar-refractivity contribution in [3.05, 3.63) is 64.5 Å². The number of sulfone groups is 1. The van der Waals surface area contributed by atoms with Crippen LogP contribution < -0.4 is 5.32 Å². The highest BCUT2D eigenvalue weighted by Crippen LogP contribution is 2.33. The van der Waals surface area contributed by atoms with Crippen molar-refractivity contribution in [1.82, 2.24) is 4.98 Å². The molecular formula is C21H20N2O3S3. The number of thiazole rings is 1. The van der Waals surface area contributed by atoms with E-state index in [2.05, 4.69) is 10.3 Å². The monoisotopic (exact) mass is 444 g/mol. The number of rotatable bonds is 5. The van der Waals surface area contributed by atoms with Crippen LogP contribution in [0.4, 0.5) is 5.69 Å². The minimum absolute atomic E-state index is 0.00481. The third-order valence-corrected chi connectivity index (χ3v) is 8.77. The minimum atomic E-state index is -2.95. The van der Waals surface area contributed by atoms with E-state index in [1.807, 2.05) is 54.8 Å². The SMILES string of the molecule is Cc1nc(-c2ccc(NC(=O)c3ccccc3SC3CCS(=O)(=O)C3)cc2)cs1. The van der Waals surface area contributed by atoms with Crippen LogP contribution in [0.15, 0.2) is 58.8 Å². The fourth-order valence-electron chi connectivity index (χ4n) is 3.21. The number of nitrogens with one attached hydrogen (secondary N) is 1. The van der Waals surface area contributed by atoms with Gasteiger partial charge in [-0.1, -0.05) is 24.3 Å². The topological polar surface area (TPSA) is 76.1 Å². The first-order chi connectivity index (χ1) is 13.9. The zero-order chi connectivity index (χ0) is 20.4. The molecule has 0 bridgehead atoms. The van der Waals surface area contributed by atoms with Crippen molar-refractivity contribution in [2.45, 2.75) is 23.5 Å². The molecule has 150 valence electrons. The van der Waals surface area contributed by atoms with Crippen molar-refractivity contribution in [2.24, 2.45) is 0 Å². The molecule has 1 aromatic heterocycles. The average molecular weight is 445 g/mol. The second-order valence-corrected chi connectivity index (χ2v) is 11.6. The van der Waals surface area contributed by atoms with Gasteiger partial charge in [-0.05, 0) is 37.6 Å². The lowest BCUT2D eigenvalue weighted by Crippen LogP contribution is -2.14. The summed E-state index contributed by atoms with van der Waals surface area (Å²) in [4.78, 5) is 18.1. The standard InChI is InChI=1S/C21H20N2O3S3/c1-14-22-19(12-27-14)15-6-8-16(9-7-15)23-21(24)18-4-2-3-5-20(18)28-17-10-11-29(25,26)13-17/h2-9,12,17H,10-11,13H2,1H3,(H,23,24). The molecule has 0 radical (unpaired) electrons. The number of carbonyl (C=O) groups excluding carboxylic acids is 1. The Hall–Kier alpha value is -2.16. The summed E-state index contributed by atoms with van der Waals surface area (Å²) in [6, 6.07) is 14.9. The van der Waals surface area contributed by atoms with E-state index < -0.39 is 9.84 Å². The van der Waals surface area contributed by atoms with E-state index >= 15 is 0 Å². The van der Waals surface area contributed by atoms with Crippen molar-refractivity contribution in [2.75, 3.05) is 16.8 Å². The average Bonchev–Trinajstić information content (AvgIpc) is 3.27. The summed E-state index contributed by atoms with van der Waals surface area (Å²) in [5, 5.41) is 5.96. The van der Waals surface area contributed by atoms with E-state index in [-0.39, 0.29) is 22.7 Å². The van der Waals surface area contributed by atoms with Gasteiger partial charge in [-0.15, -0.1) is 23.1 Å². The molecule has 1 unspecified atom stereocenters. The molecule has 1 fully saturated rings. The molecule has 1 amide bonds. The first-order valence-electron chi connectivity index (χ1n) is 9.20. The van der Waals surface area contributed by atoms with Crippen molar-refractivity contribution >= 4 is 44.5 Å². The van der Waals surface area contributed by atoms with Gasteiger partial charge in [0.15, 0.2) is 9.84 Å². The lowest BCUT2D eigenvalue weighted by atomic mass is 10.1. The molecule has 1 aliphatic heterocycles. The third-order valence-electron chi connectivity index (χ3n) is 4.67. The van der Waals surface area contributed by atoms with Gasteiger partial charge in [-0.2, -0.15) is 0 Å². The van der Waals surface area contributed by atoms with E-state index in [9.17, 15) is 13.2 Å². The van der Waals surface area contributed by atoms with E-state index in [1.165, 1.54) is 11.8 Å². The summed E-state index contributed by atoms with van der Waals surface area (Å²) in [6.45, 7) is 1.97. The molecule has 5 nitrogen and oxygen atoms in total. The number of carbonyl (C=O) groups is 1. The van der Waals surface area contributed by atoms with Crippen LogP contribution in [-0.2, 0) is 9.84 Å². The summed E-state index contributed by atoms with van der Waals surface area (Å²) in [5.41, 5.74) is 3.19. The Balaban J connectivity index is 1.47. The van der Waals surface area contributed by atoms with E-state index in [1.54, 1.807) is 17.4 Å². The van der Waals surface area contributed by atoms with Gasteiger partial charge in [0.2, 0.25) is 0 Å². The first kappa shape index (κ1) is 20.1. The molecule has 0 spiro atoms. The minimum Gasteiger partial charge on any atom is -0.322 e. The van der Waals surface area contributed by atoms with E-state index in [0.29, 0.717) is 17.7 Å². The van der Waals surface area contributed by atoms with Crippen molar-refractivity contribution in [3.63, 3.8) is 0 Å². The number of aryl methyl sites for hydroxylation is 1. The second-order valence-electron chi connectivity index (χ2n) is 6.92. The third kappa shape index (κ3) is 4.88. The molecule has 1 atom stereocenters. The quantitative estimate of drug-likeness (QED) is 0.620. The second kappa shape index (κ2) is 8.30. The molecular weight excluding hydrogens is 424 g/mol. The molecule has 2 aromatic carbocycles. The van der Waals surface area contributed by atoms with Gasteiger partial charge in [0.05, 0.1) is 27.8 Å². The van der Waals surface area contributed by atoms with Crippen LogP contribution in [0.5, 0.6) is 0 Å². The maximum Gasteiger partial charge on any atom is 0.256 e. The van der Waals surface area contributed by atoms with Crippen molar-refractivity contribution < 1.29 is 13.2 Å². The smallest absolute Gasteiger partial charge is 0.256 e. The predicted octanol–water partition coefficient (Wildman–Crippen LogP) is 4.65. The predicted molar refractivity (Wildman–Crippen MR) is 120 cm³/mol. The highest BCUT2D eigenvalue weighted by molar-refractivity contribution is 8.02. The maximum atomic E-state index is 12.8. The number of hydrogen-bond acceptors (Lipinski definition) is 6. The highest BCUT2D eigenvalue weighted by atomic mass is 32.2. The van der Waals surface area contributed by atoms with Gasteiger partial charge in [-0.25, -0.2) is 13.4 Å². The van der Waals surface area contributed by atoms with Crippen LogP contribution in [0.25, 0.3) is 11.3 Å². The number of hydrogen-bond donors (Lipinski definition) is 1. The van der Waals surface area contributed by atoms with Gasteiger partial charge in [0.25, 0.3) is 5.91 Å².